The van der Waals surface area contributed by atoms with Crippen LogP contribution in [0.5, 0.6) is 0 Å². The molecule has 1 saturated heterocycles. The largest absolute Gasteiger partial charge is 0.480 e. The van der Waals surface area contributed by atoms with E-state index in [1.54, 1.807) is 0 Å². The summed E-state index contributed by atoms with van der Waals surface area (Å²) >= 11 is 0. The lowest BCUT2D eigenvalue weighted by molar-refractivity contribution is -0.135. The minimum Gasteiger partial charge on any atom is -0.480 e. The maximum absolute atomic E-state index is 11.0. The van der Waals surface area contributed by atoms with E-state index in [1.165, 1.54) is 25.9 Å². The third kappa shape index (κ3) is 4.56. The number of nitrogens with zero attached hydrogens (tertiary/aromatic N) is 2. The molecule has 1 N–H and O–H groups in total. The molecule has 0 aliphatic carbocycles. The minimum atomic E-state index is -0.773. The van der Waals surface area contributed by atoms with Crippen molar-refractivity contribution in [2.75, 3.05) is 37.6 Å². The van der Waals surface area contributed by atoms with Crippen molar-refractivity contribution in [1.82, 2.24) is 4.90 Å². The van der Waals surface area contributed by atoms with Gasteiger partial charge in [-0.15, -0.1) is 0 Å². The van der Waals surface area contributed by atoms with Gasteiger partial charge in [0.15, 0.2) is 0 Å². The van der Waals surface area contributed by atoms with Crippen LogP contribution in [-0.4, -0.2) is 48.7 Å². The fraction of sp³-hybridized carbons (Fsp3) is 0.533. The summed E-state index contributed by atoms with van der Waals surface area (Å²) in [6.07, 6.45) is 3.62. The maximum Gasteiger partial charge on any atom is 0.323 e. The first-order valence-electron chi connectivity index (χ1n) is 7.00. The summed E-state index contributed by atoms with van der Waals surface area (Å²) in [4.78, 5) is 15.4. The molecule has 1 aromatic rings. The number of rotatable bonds is 7. The molecule has 1 aliphatic rings. The van der Waals surface area contributed by atoms with Crippen molar-refractivity contribution in [3.63, 3.8) is 0 Å². The number of para-hydroxylation sites is 1. The molecule has 0 spiro atoms. The molecule has 2 rings (SSSR count). The molecule has 1 fully saturated rings. The van der Waals surface area contributed by atoms with Crippen molar-refractivity contribution in [2.45, 2.75) is 19.3 Å². The Labute approximate surface area is 114 Å². The Hall–Kier alpha value is -1.55. The topological polar surface area (TPSA) is 43.8 Å². The summed E-state index contributed by atoms with van der Waals surface area (Å²) in [7, 11) is 0. The van der Waals surface area contributed by atoms with E-state index in [9.17, 15) is 4.79 Å². The van der Waals surface area contributed by atoms with Crippen molar-refractivity contribution < 1.29 is 9.90 Å². The molecule has 1 aliphatic heterocycles. The first kappa shape index (κ1) is 13.9. The molecular formula is C15H22N2O2. The lowest BCUT2D eigenvalue weighted by atomic mass is 10.2. The van der Waals surface area contributed by atoms with Gasteiger partial charge in [-0.25, -0.2) is 0 Å². The first-order valence-corrected chi connectivity index (χ1v) is 7.00. The molecule has 1 heterocycles. The zero-order chi connectivity index (χ0) is 13.5. The third-order valence-electron chi connectivity index (χ3n) is 3.55. The van der Waals surface area contributed by atoms with Crippen LogP contribution in [0.15, 0.2) is 30.3 Å². The average Bonchev–Trinajstić information content (AvgIpc) is 2.91. The fourth-order valence-electron chi connectivity index (χ4n) is 2.59. The number of hydrogen-bond donors (Lipinski definition) is 1. The van der Waals surface area contributed by atoms with Crippen molar-refractivity contribution in [1.29, 1.82) is 0 Å². The SMILES string of the molecule is O=C(O)CN(CCCN1CCCC1)c1ccccc1. The summed E-state index contributed by atoms with van der Waals surface area (Å²) in [6, 6.07) is 9.79. The standard InChI is InChI=1S/C15H22N2O2/c18-15(19)13-17(14-7-2-1-3-8-14)12-6-11-16-9-4-5-10-16/h1-3,7-8H,4-6,9-13H2,(H,18,19). The number of carboxylic acids is 1. The molecule has 0 bridgehead atoms. The van der Waals surface area contributed by atoms with Crippen molar-refractivity contribution in [3.05, 3.63) is 30.3 Å². The van der Waals surface area contributed by atoms with Crippen LogP contribution in [0.4, 0.5) is 5.69 Å². The Balaban J connectivity index is 1.85. The fourth-order valence-corrected chi connectivity index (χ4v) is 2.59. The van der Waals surface area contributed by atoms with E-state index in [-0.39, 0.29) is 6.54 Å². The molecule has 4 nitrogen and oxygen atoms in total. The van der Waals surface area contributed by atoms with Gasteiger partial charge < -0.3 is 14.9 Å². The second-order valence-corrected chi connectivity index (χ2v) is 5.05. The number of anilines is 1. The van der Waals surface area contributed by atoms with Gasteiger partial charge in [-0.2, -0.15) is 0 Å². The van der Waals surface area contributed by atoms with E-state index < -0.39 is 5.97 Å². The van der Waals surface area contributed by atoms with Crippen LogP contribution in [0.1, 0.15) is 19.3 Å². The Morgan fingerprint density at radius 3 is 2.53 bits per heavy atom. The molecule has 19 heavy (non-hydrogen) atoms. The number of likely N-dealkylation sites (tertiary alicyclic amines) is 1. The summed E-state index contributed by atoms with van der Waals surface area (Å²) in [5.41, 5.74) is 0.992. The van der Waals surface area contributed by atoms with Gasteiger partial charge in [-0.05, 0) is 51.0 Å². The molecule has 4 heteroatoms. The lowest BCUT2D eigenvalue weighted by Gasteiger charge is -2.24. The van der Waals surface area contributed by atoms with Gasteiger partial charge in [0.05, 0.1) is 0 Å². The van der Waals surface area contributed by atoms with Gasteiger partial charge in [-0.1, -0.05) is 18.2 Å². The van der Waals surface area contributed by atoms with E-state index in [4.69, 9.17) is 5.11 Å². The number of carboxylic acid groups (broad SMARTS) is 1. The van der Waals surface area contributed by atoms with Crippen LogP contribution in [-0.2, 0) is 4.79 Å². The maximum atomic E-state index is 11.0. The summed E-state index contributed by atoms with van der Waals surface area (Å²) in [6.45, 7) is 4.34. The number of aliphatic carboxylic acids is 1. The quantitative estimate of drug-likeness (QED) is 0.817. The van der Waals surface area contributed by atoms with Gasteiger partial charge in [0.2, 0.25) is 0 Å². The number of carbonyl (C=O) groups is 1. The van der Waals surface area contributed by atoms with E-state index in [2.05, 4.69) is 4.90 Å². The zero-order valence-corrected chi connectivity index (χ0v) is 11.3. The van der Waals surface area contributed by atoms with E-state index in [0.717, 1.165) is 25.2 Å². The molecule has 0 saturated carbocycles. The molecule has 0 unspecified atom stereocenters. The second-order valence-electron chi connectivity index (χ2n) is 5.05. The lowest BCUT2D eigenvalue weighted by Crippen LogP contribution is -2.32. The van der Waals surface area contributed by atoms with E-state index >= 15 is 0 Å². The summed E-state index contributed by atoms with van der Waals surface area (Å²) < 4.78 is 0. The van der Waals surface area contributed by atoms with Crippen LogP contribution < -0.4 is 4.90 Å². The highest BCUT2D eigenvalue weighted by molar-refractivity contribution is 5.73. The van der Waals surface area contributed by atoms with Gasteiger partial charge >= 0.3 is 5.97 Å². The Morgan fingerprint density at radius 2 is 1.89 bits per heavy atom. The van der Waals surface area contributed by atoms with Gasteiger partial charge in [0, 0.05) is 12.2 Å². The molecule has 0 amide bonds. The first-order chi connectivity index (χ1) is 9.25. The van der Waals surface area contributed by atoms with Crippen LogP contribution in [0.3, 0.4) is 0 Å². The number of hydrogen-bond acceptors (Lipinski definition) is 3. The van der Waals surface area contributed by atoms with Crippen LogP contribution >= 0.6 is 0 Å². The van der Waals surface area contributed by atoms with Crippen molar-refractivity contribution in [3.8, 4) is 0 Å². The van der Waals surface area contributed by atoms with Gasteiger partial charge in [-0.3, -0.25) is 4.79 Å². The highest BCUT2D eigenvalue weighted by atomic mass is 16.4. The predicted molar refractivity (Wildman–Crippen MR) is 76.6 cm³/mol. The summed E-state index contributed by atoms with van der Waals surface area (Å²) in [5, 5.41) is 9.00. The van der Waals surface area contributed by atoms with Crippen LogP contribution in [0, 0.1) is 0 Å². The average molecular weight is 262 g/mol. The summed E-state index contributed by atoms with van der Waals surface area (Å²) in [5.74, 6) is -0.773. The zero-order valence-electron chi connectivity index (χ0n) is 11.3. The third-order valence-corrected chi connectivity index (χ3v) is 3.55. The number of benzene rings is 1. The Morgan fingerprint density at radius 1 is 1.21 bits per heavy atom. The molecule has 104 valence electrons. The highest BCUT2D eigenvalue weighted by Gasteiger charge is 2.13. The minimum absolute atomic E-state index is 0.0734. The second kappa shape index (κ2) is 7.14. The smallest absolute Gasteiger partial charge is 0.323 e. The van der Waals surface area contributed by atoms with Gasteiger partial charge in [0.25, 0.3) is 0 Å². The Bertz CT molecular complexity index is 388. The predicted octanol–water partition coefficient (Wildman–Crippen LogP) is 2.06. The monoisotopic (exact) mass is 262 g/mol. The highest BCUT2D eigenvalue weighted by Crippen LogP contribution is 2.14. The van der Waals surface area contributed by atoms with E-state index in [0.29, 0.717) is 0 Å². The van der Waals surface area contributed by atoms with Crippen molar-refractivity contribution in [2.24, 2.45) is 0 Å². The van der Waals surface area contributed by atoms with Crippen molar-refractivity contribution >= 4 is 11.7 Å². The normalized spacial score (nSPS) is 15.6. The molecule has 0 atom stereocenters. The van der Waals surface area contributed by atoms with Crippen LogP contribution in [0.2, 0.25) is 0 Å². The van der Waals surface area contributed by atoms with Gasteiger partial charge in [0.1, 0.15) is 6.54 Å². The van der Waals surface area contributed by atoms with E-state index in [1.807, 2.05) is 35.2 Å². The molecule has 0 aromatic heterocycles. The van der Waals surface area contributed by atoms with Crippen LogP contribution in [0.25, 0.3) is 0 Å². The Kier molecular flexibility index (Phi) is 5.21. The molecule has 0 radical (unpaired) electrons. The molecule has 1 aromatic carbocycles. The molecular weight excluding hydrogens is 240 g/mol.